The van der Waals surface area contributed by atoms with Crippen LogP contribution in [0.1, 0.15) is 23.5 Å². The van der Waals surface area contributed by atoms with Gasteiger partial charge in [-0.3, -0.25) is 0 Å². The van der Waals surface area contributed by atoms with Gasteiger partial charge in [-0.2, -0.15) is 0 Å². The van der Waals surface area contributed by atoms with Gasteiger partial charge in [-0.1, -0.05) is 0 Å². The van der Waals surface area contributed by atoms with Crippen molar-refractivity contribution in [3.8, 4) is 5.69 Å². The summed E-state index contributed by atoms with van der Waals surface area (Å²) in [6.45, 7) is 5.17. The van der Waals surface area contributed by atoms with Gasteiger partial charge in [-0.25, -0.2) is 4.98 Å². The summed E-state index contributed by atoms with van der Waals surface area (Å²) >= 11 is 0. The minimum Gasteiger partial charge on any atom is -0.385 e. The molecule has 0 saturated heterocycles. The number of fused-ring (bicyclic) bond motifs is 1. The summed E-state index contributed by atoms with van der Waals surface area (Å²) in [6, 6.07) is 6.61. The van der Waals surface area contributed by atoms with Crippen LogP contribution in [0.15, 0.2) is 24.4 Å². The molecular weight excluding hydrogens is 210 g/mol. The van der Waals surface area contributed by atoms with E-state index in [-0.39, 0.29) is 0 Å². The molecule has 3 rings (SSSR count). The van der Waals surface area contributed by atoms with Crippen LogP contribution in [0.5, 0.6) is 0 Å². The molecule has 0 bridgehead atoms. The van der Waals surface area contributed by atoms with Crippen LogP contribution in [0.3, 0.4) is 0 Å². The molecule has 0 aliphatic carbocycles. The SMILES string of the molecule is Cc1cn(-c2ccc3c(c2)CCCN3)c(C)n1. The number of hydrogen-bond donors (Lipinski definition) is 1. The van der Waals surface area contributed by atoms with Crippen molar-refractivity contribution in [2.75, 3.05) is 11.9 Å². The van der Waals surface area contributed by atoms with Crippen molar-refractivity contribution in [1.82, 2.24) is 9.55 Å². The van der Waals surface area contributed by atoms with E-state index in [1.54, 1.807) is 0 Å². The maximum absolute atomic E-state index is 4.45. The van der Waals surface area contributed by atoms with Crippen molar-refractivity contribution in [1.29, 1.82) is 0 Å². The lowest BCUT2D eigenvalue weighted by molar-refractivity contribution is 0.827. The Labute approximate surface area is 101 Å². The quantitative estimate of drug-likeness (QED) is 0.812. The Morgan fingerprint density at radius 2 is 2.18 bits per heavy atom. The highest BCUT2D eigenvalue weighted by molar-refractivity contribution is 5.57. The first-order chi connectivity index (χ1) is 8.24. The normalized spacial score (nSPS) is 14.2. The maximum Gasteiger partial charge on any atom is 0.110 e. The second-order valence-corrected chi connectivity index (χ2v) is 4.67. The molecule has 0 unspecified atom stereocenters. The topological polar surface area (TPSA) is 29.9 Å². The standard InChI is InChI=1S/C14H17N3/c1-10-9-17(11(2)16-10)13-5-6-14-12(8-13)4-3-7-15-14/h5-6,8-9,15H,3-4,7H2,1-2H3. The van der Waals surface area contributed by atoms with Crippen molar-refractivity contribution in [3.63, 3.8) is 0 Å². The minimum atomic E-state index is 1.05. The fraction of sp³-hybridized carbons (Fsp3) is 0.357. The molecule has 1 aromatic carbocycles. The zero-order valence-corrected chi connectivity index (χ0v) is 10.3. The zero-order chi connectivity index (χ0) is 11.8. The van der Waals surface area contributed by atoms with Gasteiger partial charge in [-0.05, 0) is 50.5 Å². The van der Waals surface area contributed by atoms with Gasteiger partial charge in [0, 0.05) is 24.1 Å². The van der Waals surface area contributed by atoms with Gasteiger partial charge in [0.1, 0.15) is 5.82 Å². The number of hydrogen-bond acceptors (Lipinski definition) is 2. The van der Waals surface area contributed by atoms with Crippen molar-refractivity contribution in [2.24, 2.45) is 0 Å². The molecule has 0 amide bonds. The number of imidazole rings is 1. The molecule has 2 aromatic rings. The molecule has 0 spiro atoms. The van der Waals surface area contributed by atoms with E-state index in [9.17, 15) is 0 Å². The number of rotatable bonds is 1. The lowest BCUT2D eigenvalue weighted by Gasteiger charge is -2.19. The van der Waals surface area contributed by atoms with Crippen LogP contribution in [0, 0.1) is 13.8 Å². The molecule has 3 nitrogen and oxygen atoms in total. The molecule has 17 heavy (non-hydrogen) atoms. The summed E-state index contributed by atoms with van der Waals surface area (Å²) in [5.74, 6) is 1.05. The Morgan fingerprint density at radius 3 is 2.94 bits per heavy atom. The Kier molecular flexibility index (Phi) is 2.39. The first kappa shape index (κ1) is 10.4. The monoisotopic (exact) mass is 227 g/mol. The summed E-state index contributed by atoms with van der Waals surface area (Å²) in [5, 5.41) is 3.44. The van der Waals surface area contributed by atoms with Gasteiger partial charge in [0.25, 0.3) is 0 Å². The molecule has 88 valence electrons. The number of nitrogens with zero attached hydrogens (tertiary/aromatic N) is 2. The molecule has 1 aliphatic heterocycles. The Balaban J connectivity index is 2.06. The van der Waals surface area contributed by atoms with E-state index < -0.39 is 0 Å². The third-order valence-electron chi connectivity index (χ3n) is 3.31. The molecule has 0 radical (unpaired) electrons. The number of nitrogens with one attached hydrogen (secondary N) is 1. The van der Waals surface area contributed by atoms with Crippen LogP contribution in [0.4, 0.5) is 5.69 Å². The molecular formula is C14H17N3. The molecule has 3 heteroatoms. The van der Waals surface area contributed by atoms with Gasteiger partial charge in [0.2, 0.25) is 0 Å². The third-order valence-corrected chi connectivity index (χ3v) is 3.31. The van der Waals surface area contributed by atoms with E-state index in [2.05, 4.69) is 39.3 Å². The van der Waals surface area contributed by atoms with Gasteiger partial charge in [-0.15, -0.1) is 0 Å². The fourth-order valence-corrected chi connectivity index (χ4v) is 2.49. The molecule has 1 N–H and O–H groups in total. The lowest BCUT2D eigenvalue weighted by Crippen LogP contribution is -2.12. The molecule has 2 heterocycles. The molecule has 0 fully saturated rings. The highest BCUT2D eigenvalue weighted by Gasteiger charge is 2.10. The highest BCUT2D eigenvalue weighted by atomic mass is 15.1. The summed E-state index contributed by atoms with van der Waals surface area (Å²) in [5.41, 5.74) is 4.98. The van der Waals surface area contributed by atoms with Crippen molar-refractivity contribution in [3.05, 3.63) is 41.5 Å². The van der Waals surface area contributed by atoms with Crippen molar-refractivity contribution >= 4 is 5.69 Å². The largest absolute Gasteiger partial charge is 0.385 e. The summed E-state index contributed by atoms with van der Waals surface area (Å²) in [6.07, 6.45) is 4.48. The Hall–Kier alpha value is -1.77. The second kappa shape index (κ2) is 3.91. The number of aryl methyl sites for hydroxylation is 3. The van der Waals surface area contributed by atoms with Crippen LogP contribution in [0.2, 0.25) is 0 Å². The van der Waals surface area contributed by atoms with Crippen LogP contribution in [-0.4, -0.2) is 16.1 Å². The number of benzene rings is 1. The second-order valence-electron chi connectivity index (χ2n) is 4.67. The van der Waals surface area contributed by atoms with Crippen LogP contribution < -0.4 is 5.32 Å². The van der Waals surface area contributed by atoms with Crippen LogP contribution in [-0.2, 0) is 6.42 Å². The van der Waals surface area contributed by atoms with E-state index in [1.165, 1.54) is 29.8 Å². The van der Waals surface area contributed by atoms with Gasteiger partial charge >= 0.3 is 0 Å². The Bertz CT molecular complexity index is 555. The predicted molar refractivity (Wildman–Crippen MR) is 69.8 cm³/mol. The van der Waals surface area contributed by atoms with E-state index in [1.807, 2.05) is 13.8 Å². The van der Waals surface area contributed by atoms with Crippen LogP contribution >= 0.6 is 0 Å². The molecule has 1 aromatic heterocycles. The maximum atomic E-state index is 4.45. The molecule has 0 atom stereocenters. The predicted octanol–water partition coefficient (Wildman–Crippen LogP) is 2.85. The smallest absolute Gasteiger partial charge is 0.110 e. The van der Waals surface area contributed by atoms with Gasteiger partial charge in [0.15, 0.2) is 0 Å². The minimum absolute atomic E-state index is 1.05. The molecule has 1 aliphatic rings. The summed E-state index contributed by atoms with van der Waals surface area (Å²) in [4.78, 5) is 4.45. The summed E-state index contributed by atoms with van der Waals surface area (Å²) < 4.78 is 2.16. The zero-order valence-electron chi connectivity index (χ0n) is 10.3. The number of anilines is 1. The van der Waals surface area contributed by atoms with E-state index in [0.717, 1.165) is 18.1 Å². The first-order valence-electron chi connectivity index (χ1n) is 6.14. The fourth-order valence-electron chi connectivity index (χ4n) is 2.49. The van der Waals surface area contributed by atoms with Crippen molar-refractivity contribution < 1.29 is 0 Å². The lowest BCUT2D eigenvalue weighted by atomic mass is 10.0. The first-order valence-corrected chi connectivity index (χ1v) is 6.14. The van der Waals surface area contributed by atoms with E-state index in [4.69, 9.17) is 0 Å². The highest BCUT2D eigenvalue weighted by Crippen LogP contribution is 2.25. The van der Waals surface area contributed by atoms with Crippen LogP contribution in [0.25, 0.3) is 5.69 Å². The van der Waals surface area contributed by atoms with Gasteiger partial charge < -0.3 is 9.88 Å². The van der Waals surface area contributed by atoms with E-state index in [0.29, 0.717) is 0 Å². The summed E-state index contributed by atoms with van der Waals surface area (Å²) in [7, 11) is 0. The van der Waals surface area contributed by atoms with E-state index >= 15 is 0 Å². The average Bonchev–Trinajstić information content (AvgIpc) is 2.68. The Morgan fingerprint density at radius 1 is 1.29 bits per heavy atom. The molecule has 0 saturated carbocycles. The average molecular weight is 227 g/mol. The van der Waals surface area contributed by atoms with Crippen molar-refractivity contribution in [2.45, 2.75) is 26.7 Å². The number of aromatic nitrogens is 2. The third kappa shape index (κ3) is 1.82. The van der Waals surface area contributed by atoms with Gasteiger partial charge in [0.05, 0.1) is 5.69 Å².